The second-order valence-electron chi connectivity index (χ2n) is 4.39. The molecule has 1 rings (SSSR count). The molecule has 0 saturated carbocycles. The Morgan fingerprint density at radius 1 is 1.42 bits per heavy atom. The zero-order chi connectivity index (χ0) is 14.5. The molecule has 1 N–H and O–H groups in total. The summed E-state index contributed by atoms with van der Waals surface area (Å²) in [7, 11) is -1.17. The largest absolute Gasteiger partial charge is 0.313 e. The number of benzene rings is 1. The van der Waals surface area contributed by atoms with Crippen molar-refractivity contribution in [3.05, 3.63) is 34.6 Å². The van der Waals surface area contributed by atoms with Crippen molar-refractivity contribution in [2.75, 3.05) is 18.6 Å². The second-order valence-corrected chi connectivity index (χ2v) is 7.27. The van der Waals surface area contributed by atoms with E-state index in [4.69, 9.17) is 11.6 Å². The van der Waals surface area contributed by atoms with Crippen LogP contribution in [0.3, 0.4) is 0 Å². The van der Waals surface area contributed by atoms with E-state index >= 15 is 0 Å². The van der Waals surface area contributed by atoms with Crippen LogP contribution in [0.15, 0.2) is 18.2 Å². The van der Waals surface area contributed by atoms with Gasteiger partial charge in [0, 0.05) is 11.8 Å². The first-order valence-corrected chi connectivity index (χ1v) is 8.42. The van der Waals surface area contributed by atoms with Crippen molar-refractivity contribution in [3.63, 3.8) is 0 Å². The van der Waals surface area contributed by atoms with Gasteiger partial charge in [-0.2, -0.15) is 0 Å². The lowest BCUT2D eigenvalue weighted by molar-refractivity contribution is 0.530. The minimum atomic E-state index is -2.94. The van der Waals surface area contributed by atoms with Crippen LogP contribution in [-0.4, -0.2) is 27.0 Å². The normalized spacial score (nSPS) is 13.5. The molecule has 1 aromatic carbocycles. The van der Waals surface area contributed by atoms with Gasteiger partial charge in [0.15, 0.2) is 0 Å². The fourth-order valence-electron chi connectivity index (χ4n) is 1.86. The molecule has 0 fully saturated rings. The smallest absolute Gasteiger partial charge is 0.150 e. The molecule has 3 nitrogen and oxygen atoms in total. The molecule has 19 heavy (non-hydrogen) atoms. The van der Waals surface area contributed by atoms with Crippen LogP contribution in [0.2, 0.25) is 5.02 Å². The van der Waals surface area contributed by atoms with Gasteiger partial charge in [0.05, 0.1) is 10.8 Å². The Hall–Kier alpha value is -0.650. The summed E-state index contributed by atoms with van der Waals surface area (Å²) in [6.07, 6.45) is 1.18. The summed E-state index contributed by atoms with van der Waals surface area (Å²) in [6.45, 7) is 1.64. The van der Waals surface area contributed by atoms with Crippen LogP contribution in [0.1, 0.15) is 31.4 Å². The molecule has 0 bridgehead atoms. The highest BCUT2D eigenvalue weighted by Gasteiger charge is 2.13. The van der Waals surface area contributed by atoms with E-state index in [9.17, 15) is 12.8 Å². The molecule has 0 heterocycles. The Bertz CT molecular complexity index is 519. The molecule has 0 spiro atoms. The fraction of sp³-hybridized carbons (Fsp3) is 0.538. The van der Waals surface area contributed by atoms with E-state index in [1.807, 2.05) is 0 Å². The van der Waals surface area contributed by atoms with Gasteiger partial charge >= 0.3 is 0 Å². The number of hydrogen-bond donors (Lipinski definition) is 1. The van der Waals surface area contributed by atoms with Crippen molar-refractivity contribution in [2.24, 2.45) is 0 Å². The van der Waals surface area contributed by atoms with E-state index in [-0.39, 0.29) is 22.6 Å². The zero-order valence-electron chi connectivity index (χ0n) is 11.1. The van der Waals surface area contributed by atoms with E-state index < -0.39 is 15.7 Å². The number of nitrogens with one attached hydrogen (secondary N) is 1. The fourth-order valence-corrected chi connectivity index (χ4v) is 2.87. The van der Waals surface area contributed by atoms with Crippen molar-refractivity contribution in [1.82, 2.24) is 5.32 Å². The van der Waals surface area contributed by atoms with E-state index in [2.05, 4.69) is 5.32 Å². The SMILES string of the molecule is CCS(=O)(=O)CCCC(NC)c1ccc(Cl)c(F)c1. The van der Waals surface area contributed by atoms with Gasteiger partial charge in [0.2, 0.25) is 0 Å². The van der Waals surface area contributed by atoms with Gasteiger partial charge in [-0.05, 0) is 37.6 Å². The zero-order valence-corrected chi connectivity index (χ0v) is 12.7. The van der Waals surface area contributed by atoms with Crippen molar-refractivity contribution in [2.45, 2.75) is 25.8 Å². The Morgan fingerprint density at radius 2 is 2.11 bits per heavy atom. The summed E-state index contributed by atoms with van der Waals surface area (Å²) in [6, 6.07) is 4.58. The van der Waals surface area contributed by atoms with Gasteiger partial charge < -0.3 is 5.32 Å². The minimum absolute atomic E-state index is 0.0705. The minimum Gasteiger partial charge on any atom is -0.313 e. The third kappa shape index (κ3) is 5.09. The molecule has 0 aliphatic carbocycles. The predicted octanol–water partition coefficient (Wildman–Crippen LogP) is 2.95. The lowest BCUT2D eigenvalue weighted by Gasteiger charge is -2.16. The molecule has 1 unspecified atom stereocenters. The average molecular weight is 308 g/mol. The van der Waals surface area contributed by atoms with Crippen molar-refractivity contribution < 1.29 is 12.8 Å². The van der Waals surface area contributed by atoms with E-state index in [1.165, 1.54) is 12.1 Å². The lowest BCUT2D eigenvalue weighted by atomic mass is 10.0. The number of hydrogen-bond acceptors (Lipinski definition) is 3. The van der Waals surface area contributed by atoms with Crippen LogP contribution in [0.5, 0.6) is 0 Å². The third-order valence-electron chi connectivity index (χ3n) is 3.08. The quantitative estimate of drug-likeness (QED) is 0.842. The molecule has 0 amide bonds. The van der Waals surface area contributed by atoms with Crippen LogP contribution < -0.4 is 5.32 Å². The first kappa shape index (κ1) is 16.4. The van der Waals surface area contributed by atoms with Crippen LogP contribution in [0.4, 0.5) is 4.39 Å². The van der Waals surface area contributed by atoms with E-state index in [0.29, 0.717) is 12.8 Å². The lowest BCUT2D eigenvalue weighted by Crippen LogP contribution is -2.18. The summed E-state index contributed by atoms with van der Waals surface area (Å²) in [5, 5.41) is 3.15. The molecule has 0 aliphatic heterocycles. The number of sulfone groups is 1. The second kappa shape index (κ2) is 7.22. The molecule has 0 saturated heterocycles. The Morgan fingerprint density at radius 3 is 2.63 bits per heavy atom. The molecule has 0 aliphatic rings. The van der Waals surface area contributed by atoms with Crippen molar-refractivity contribution >= 4 is 21.4 Å². The van der Waals surface area contributed by atoms with Gasteiger partial charge in [-0.25, -0.2) is 12.8 Å². The predicted molar refractivity (Wildman–Crippen MR) is 76.8 cm³/mol. The maximum Gasteiger partial charge on any atom is 0.150 e. The van der Waals surface area contributed by atoms with Crippen LogP contribution >= 0.6 is 11.6 Å². The van der Waals surface area contributed by atoms with Gasteiger partial charge in [0.25, 0.3) is 0 Å². The van der Waals surface area contributed by atoms with Crippen molar-refractivity contribution in [3.8, 4) is 0 Å². The first-order chi connectivity index (χ1) is 8.89. The van der Waals surface area contributed by atoms with Crippen LogP contribution in [-0.2, 0) is 9.84 Å². The highest BCUT2D eigenvalue weighted by Crippen LogP contribution is 2.23. The molecule has 1 atom stereocenters. The Kier molecular flexibility index (Phi) is 6.23. The summed E-state index contributed by atoms with van der Waals surface area (Å²) in [5.41, 5.74) is 0.776. The molecular weight excluding hydrogens is 289 g/mol. The van der Waals surface area contributed by atoms with E-state index in [1.54, 1.807) is 20.0 Å². The molecular formula is C13H19ClFNO2S. The van der Waals surface area contributed by atoms with Gasteiger partial charge in [-0.1, -0.05) is 24.6 Å². The Labute approximate surface area is 119 Å². The standard InChI is InChI=1S/C13H19ClFNO2S/c1-3-19(17,18)8-4-5-13(16-2)10-6-7-11(14)12(15)9-10/h6-7,9,13,16H,3-5,8H2,1-2H3. The molecule has 108 valence electrons. The maximum absolute atomic E-state index is 13.4. The summed E-state index contributed by atoms with van der Waals surface area (Å²) < 4.78 is 36.2. The summed E-state index contributed by atoms with van der Waals surface area (Å²) >= 11 is 5.64. The monoisotopic (exact) mass is 307 g/mol. The first-order valence-electron chi connectivity index (χ1n) is 6.22. The average Bonchev–Trinajstić information content (AvgIpc) is 2.38. The molecule has 0 aromatic heterocycles. The number of rotatable bonds is 7. The highest BCUT2D eigenvalue weighted by atomic mass is 35.5. The van der Waals surface area contributed by atoms with Gasteiger partial charge in [-0.3, -0.25) is 0 Å². The highest BCUT2D eigenvalue weighted by molar-refractivity contribution is 7.91. The van der Waals surface area contributed by atoms with Gasteiger partial charge in [-0.15, -0.1) is 0 Å². The maximum atomic E-state index is 13.4. The van der Waals surface area contributed by atoms with Crippen LogP contribution in [0.25, 0.3) is 0 Å². The Balaban J connectivity index is 2.66. The van der Waals surface area contributed by atoms with Crippen molar-refractivity contribution in [1.29, 1.82) is 0 Å². The number of halogens is 2. The van der Waals surface area contributed by atoms with Gasteiger partial charge in [0.1, 0.15) is 15.7 Å². The van der Waals surface area contributed by atoms with Crippen LogP contribution in [0, 0.1) is 5.82 Å². The summed E-state index contributed by atoms with van der Waals surface area (Å²) in [5.74, 6) is -0.134. The molecule has 6 heteroatoms. The summed E-state index contributed by atoms with van der Waals surface area (Å²) in [4.78, 5) is 0. The van der Waals surface area contributed by atoms with E-state index in [0.717, 1.165) is 5.56 Å². The third-order valence-corrected chi connectivity index (χ3v) is 5.18. The topological polar surface area (TPSA) is 46.2 Å². The molecule has 1 aromatic rings. The molecule has 0 radical (unpaired) electrons.